The van der Waals surface area contributed by atoms with Crippen molar-refractivity contribution < 1.29 is 8.42 Å². The third-order valence-corrected chi connectivity index (χ3v) is 6.63. The predicted molar refractivity (Wildman–Crippen MR) is 68.7 cm³/mol. The molecule has 0 aliphatic carbocycles. The van der Waals surface area contributed by atoms with Gasteiger partial charge in [0, 0.05) is 18.0 Å². The monoisotopic (exact) mass is 281 g/mol. The van der Waals surface area contributed by atoms with Gasteiger partial charge in [-0.15, -0.1) is 22.9 Å². The summed E-state index contributed by atoms with van der Waals surface area (Å²) in [7, 11) is -1.76. The van der Waals surface area contributed by atoms with E-state index in [4.69, 9.17) is 11.6 Å². The third kappa shape index (κ3) is 2.59. The van der Waals surface area contributed by atoms with E-state index in [1.165, 1.54) is 15.6 Å². The largest absolute Gasteiger partial charge is 0.252 e. The van der Waals surface area contributed by atoms with E-state index in [0.717, 1.165) is 10.4 Å². The number of aryl methyl sites for hydroxylation is 1. The van der Waals surface area contributed by atoms with E-state index < -0.39 is 10.0 Å². The minimum atomic E-state index is -3.36. The molecule has 0 aromatic carbocycles. The smallest absolute Gasteiger partial charge is 0.206 e. The first-order valence-corrected chi connectivity index (χ1v) is 7.73. The molecule has 0 amide bonds. The molecular weight excluding hydrogens is 266 g/mol. The van der Waals surface area contributed by atoms with Gasteiger partial charge in [0.25, 0.3) is 10.0 Å². The van der Waals surface area contributed by atoms with Crippen LogP contribution in [0.25, 0.3) is 0 Å². The van der Waals surface area contributed by atoms with Crippen LogP contribution in [0.3, 0.4) is 0 Å². The van der Waals surface area contributed by atoms with Crippen molar-refractivity contribution in [2.45, 2.75) is 36.9 Å². The zero-order valence-corrected chi connectivity index (χ0v) is 12.2. The number of sulfonamides is 1. The average molecular weight is 282 g/mol. The van der Waals surface area contributed by atoms with Crippen molar-refractivity contribution in [3.05, 3.63) is 16.5 Å². The first-order chi connectivity index (χ1) is 7.30. The minimum Gasteiger partial charge on any atom is -0.206 e. The van der Waals surface area contributed by atoms with E-state index in [2.05, 4.69) is 0 Å². The number of nitrogens with zero attached hydrogens (tertiary/aromatic N) is 1. The molecule has 0 saturated heterocycles. The van der Waals surface area contributed by atoms with Crippen LogP contribution in [0.2, 0.25) is 0 Å². The molecule has 0 N–H and O–H groups in total. The molecule has 0 aliphatic heterocycles. The second kappa shape index (κ2) is 5.04. The SMILES string of the molecule is Cc1cc(S(=O)(=O)N(C)C(C)C)sc1CCl. The van der Waals surface area contributed by atoms with E-state index in [0.29, 0.717) is 10.1 Å². The third-order valence-electron chi connectivity index (χ3n) is 2.48. The molecular formula is C10H16ClNO2S2. The van der Waals surface area contributed by atoms with Gasteiger partial charge >= 0.3 is 0 Å². The molecule has 0 atom stereocenters. The Morgan fingerprint density at radius 3 is 2.44 bits per heavy atom. The number of hydrogen-bond donors (Lipinski definition) is 0. The molecule has 16 heavy (non-hydrogen) atoms. The quantitative estimate of drug-likeness (QED) is 0.796. The van der Waals surface area contributed by atoms with Crippen LogP contribution in [0.5, 0.6) is 0 Å². The van der Waals surface area contributed by atoms with Crippen molar-refractivity contribution in [1.82, 2.24) is 4.31 Å². The average Bonchev–Trinajstić information content (AvgIpc) is 2.58. The van der Waals surface area contributed by atoms with Crippen LogP contribution in [0.4, 0.5) is 0 Å². The van der Waals surface area contributed by atoms with E-state index in [1.807, 2.05) is 20.8 Å². The highest BCUT2D eigenvalue weighted by molar-refractivity contribution is 7.91. The van der Waals surface area contributed by atoms with Gasteiger partial charge in [0.2, 0.25) is 0 Å². The molecule has 0 aliphatic rings. The van der Waals surface area contributed by atoms with Crippen LogP contribution in [0.15, 0.2) is 10.3 Å². The van der Waals surface area contributed by atoms with Crippen LogP contribution < -0.4 is 0 Å². The van der Waals surface area contributed by atoms with Gasteiger partial charge in [0.15, 0.2) is 0 Å². The molecule has 3 nitrogen and oxygen atoms in total. The number of thiophene rings is 1. The summed E-state index contributed by atoms with van der Waals surface area (Å²) in [6, 6.07) is 1.64. The Labute approximate surface area is 106 Å². The summed E-state index contributed by atoms with van der Waals surface area (Å²) < 4.78 is 26.0. The maximum atomic E-state index is 12.1. The highest BCUT2D eigenvalue weighted by Crippen LogP contribution is 2.29. The molecule has 6 heteroatoms. The van der Waals surface area contributed by atoms with Gasteiger partial charge in [-0.3, -0.25) is 0 Å². The molecule has 1 aromatic rings. The summed E-state index contributed by atoms with van der Waals surface area (Å²) in [6.07, 6.45) is 0. The van der Waals surface area contributed by atoms with Gasteiger partial charge < -0.3 is 0 Å². The van der Waals surface area contributed by atoms with Gasteiger partial charge in [-0.1, -0.05) is 0 Å². The van der Waals surface area contributed by atoms with Gasteiger partial charge in [0.05, 0.1) is 5.88 Å². The van der Waals surface area contributed by atoms with Crippen LogP contribution in [-0.2, 0) is 15.9 Å². The van der Waals surface area contributed by atoms with Crippen molar-refractivity contribution >= 4 is 33.0 Å². The predicted octanol–water partition coefficient (Wildman–Crippen LogP) is 2.82. The highest BCUT2D eigenvalue weighted by atomic mass is 35.5. The normalized spacial score (nSPS) is 12.7. The summed E-state index contributed by atoms with van der Waals surface area (Å²) >= 11 is 6.99. The molecule has 1 rings (SSSR count). The van der Waals surface area contributed by atoms with Gasteiger partial charge in [-0.2, -0.15) is 4.31 Å². The van der Waals surface area contributed by atoms with Crippen molar-refractivity contribution in [2.75, 3.05) is 7.05 Å². The second-order valence-electron chi connectivity index (χ2n) is 3.92. The Balaban J connectivity index is 3.17. The lowest BCUT2D eigenvalue weighted by molar-refractivity contribution is 0.412. The maximum Gasteiger partial charge on any atom is 0.252 e. The zero-order chi connectivity index (χ0) is 12.5. The Morgan fingerprint density at radius 2 is 2.06 bits per heavy atom. The molecule has 0 bridgehead atoms. The van der Waals surface area contributed by atoms with Crippen LogP contribution in [-0.4, -0.2) is 25.8 Å². The lowest BCUT2D eigenvalue weighted by atomic mass is 10.3. The standard InChI is InChI=1S/C10H16ClNO2S2/c1-7(2)12(4)16(13,14)10-5-8(3)9(6-11)15-10/h5,7H,6H2,1-4H3. The summed E-state index contributed by atoms with van der Waals surface area (Å²) in [4.78, 5) is 0.914. The topological polar surface area (TPSA) is 37.4 Å². The van der Waals surface area contributed by atoms with Gasteiger partial charge in [-0.25, -0.2) is 8.42 Å². The summed E-state index contributed by atoms with van der Waals surface area (Å²) in [6.45, 7) is 5.57. The van der Waals surface area contributed by atoms with E-state index >= 15 is 0 Å². The van der Waals surface area contributed by atoms with E-state index in [9.17, 15) is 8.42 Å². The molecule has 92 valence electrons. The van der Waals surface area contributed by atoms with Gasteiger partial charge in [0.1, 0.15) is 4.21 Å². The van der Waals surface area contributed by atoms with Crippen molar-refractivity contribution in [1.29, 1.82) is 0 Å². The number of alkyl halides is 1. The van der Waals surface area contributed by atoms with Crippen LogP contribution in [0, 0.1) is 6.92 Å². The molecule has 1 aromatic heterocycles. The summed E-state index contributed by atoms with van der Waals surface area (Å²) in [5.41, 5.74) is 0.940. The molecule has 1 heterocycles. The fourth-order valence-electron chi connectivity index (χ4n) is 1.17. The second-order valence-corrected chi connectivity index (χ2v) is 7.55. The Morgan fingerprint density at radius 1 is 1.50 bits per heavy atom. The first-order valence-electron chi connectivity index (χ1n) is 4.94. The fourth-order valence-corrected chi connectivity index (χ4v) is 4.54. The minimum absolute atomic E-state index is 0.0492. The molecule has 0 spiro atoms. The molecule has 0 radical (unpaired) electrons. The van der Waals surface area contributed by atoms with Gasteiger partial charge in [-0.05, 0) is 32.4 Å². The lowest BCUT2D eigenvalue weighted by Crippen LogP contribution is -2.32. The summed E-state index contributed by atoms with van der Waals surface area (Å²) in [5, 5.41) is 0. The Kier molecular flexibility index (Phi) is 4.40. The summed E-state index contributed by atoms with van der Waals surface area (Å²) in [5.74, 6) is 0.359. The number of hydrogen-bond acceptors (Lipinski definition) is 3. The van der Waals surface area contributed by atoms with Crippen molar-refractivity contribution in [2.24, 2.45) is 0 Å². The Bertz CT molecular complexity index is 465. The Hall–Kier alpha value is -0.100. The molecule has 0 unspecified atom stereocenters. The van der Waals surface area contributed by atoms with Crippen LogP contribution >= 0.6 is 22.9 Å². The van der Waals surface area contributed by atoms with Crippen molar-refractivity contribution in [3.8, 4) is 0 Å². The number of halogens is 1. The van der Waals surface area contributed by atoms with Crippen LogP contribution in [0.1, 0.15) is 24.3 Å². The first kappa shape index (κ1) is 14.0. The van der Waals surface area contributed by atoms with Crippen molar-refractivity contribution in [3.63, 3.8) is 0 Å². The lowest BCUT2D eigenvalue weighted by Gasteiger charge is -2.19. The molecule has 0 fully saturated rings. The van der Waals surface area contributed by atoms with E-state index in [1.54, 1.807) is 13.1 Å². The van der Waals surface area contributed by atoms with E-state index in [-0.39, 0.29) is 6.04 Å². The zero-order valence-electron chi connectivity index (χ0n) is 9.82. The fraction of sp³-hybridized carbons (Fsp3) is 0.600. The number of rotatable bonds is 4. The molecule has 0 saturated carbocycles. The maximum absolute atomic E-state index is 12.1. The highest BCUT2D eigenvalue weighted by Gasteiger charge is 2.25.